The van der Waals surface area contributed by atoms with Crippen molar-refractivity contribution >= 4 is 11.9 Å². The van der Waals surface area contributed by atoms with E-state index in [4.69, 9.17) is 11.5 Å². The van der Waals surface area contributed by atoms with Crippen LogP contribution in [0.1, 0.15) is 19.3 Å². The Morgan fingerprint density at radius 2 is 2.21 bits per heavy atom. The quantitative estimate of drug-likeness (QED) is 0.634. The molecule has 0 saturated heterocycles. The summed E-state index contributed by atoms with van der Waals surface area (Å²) in [4.78, 5) is 21.5. The second-order valence-corrected chi connectivity index (χ2v) is 3.49. The van der Waals surface area contributed by atoms with Crippen molar-refractivity contribution in [2.24, 2.45) is 11.8 Å². The zero-order valence-corrected chi connectivity index (χ0v) is 7.82. The molecule has 76 valence electrons. The molecule has 0 bridgehead atoms. The number of carboxylic acid groups (broad SMARTS) is 1. The van der Waals surface area contributed by atoms with Crippen molar-refractivity contribution in [3.05, 3.63) is 0 Å². The van der Waals surface area contributed by atoms with Gasteiger partial charge in [-0.15, -0.1) is 6.42 Å². The van der Waals surface area contributed by atoms with Gasteiger partial charge >= 0.3 is 5.97 Å². The summed E-state index contributed by atoms with van der Waals surface area (Å²) in [6.45, 7) is 0.375. The molecular formula is C10H13NO3. The van der Waals surface area contributed by atoms with Gasteiger partial charge in [0.1, 0.15) is 0 Å². The molecule has 1 aliphatic rings. The van der Waals surface area contributed by atoms with E-state index in [9.17, 15) is 9.59 Å². The molecule has 0 heterocycles. The van der Waals surface area contributed by atoms with Crippen molar-refractivity contribution in [3.63, 3.8) is 0 Å². The molecule has 2 unspecified atom stereocenters. The molecule has 0 aliphatic heterocycles. The third-order valence-corrected chi connectivity index (χ3v) is 2.63. The lowest BCUT2D eigenvalue weighted by Gasteiger charge is -2.14. The highest BCUT2D eigenvalue weighted by Gasteiger charge is 2.32. The van der Waals surface area contributed by atoms with E-state index in [0.717, 1.165) is 12.8 Å². The van der Waals surface area contributed by atoms with Crippen LogP contribution in [0.4, 0.5) is 0 Å². The third kappa shape index (κ3) is 2.49. The number of carboxylic acids is 1. The summed E-state index contributed by atoms with van der Waals surface area (Å²) in [6, 6.07) is 0. The first-order chi connectivity index (χ1) is 6.65. The molecule has 0 aromatic heterocycles. The maximum atomic E-state index is 10.8. The van der Waals surface area contributed by atoms with Gasteiger partial charge in [-0.1, -0.05) is 6.42 Å². The highest BCUT2D eigenvalue weighted by Crippen LogP contribution is 2.31. The van der Waals surface area contributed by atoms with Crippen molar-refractivity contribution < 1.29 is 14.7 Å². The van der Waals surface area contributed by atoms with Gasteiger partial charge in [-0.2, -0.15) is 0 Å². The lowest BCUT2D eigenvalue weighted by molar-refractivity contribution is -0.143. The molecule has 2 N–H and O–H groups in total. The third-order valence-electron chi connectivity index (χ3n) is 2.63. The number of carbonyl (C=O) groups excluding carboxylic acids is 1. The second kappa shape index (κ2) is 4.66. The van der Waals surface area contributed by atoms with Crippen LogP contribution in [-0.2, 0) is 9.59 Å². The Hall–Kier alpha value is -1.50. The number of rotatable bonds is 3. The van der Waals surface area contributed by atoms with Gasteiger partial charge in [0.15, 0.2) is 0 Å². The highest BCUT2D eigenvalue weighted by molar-refractivity contribution is 5.92. The summed E-state index contributed by atoms with van der Waals surface area (Å²) >= 11 is 0. The molecule has 2 atom stereocenters. The van der Waals surface area contributed by atoms with Crippen molar-refractivity contribution in [2.45, 2.75) is 19.3 Å². The number of nitrogens with one attached hydrogen (secondary N) is 1. The van der Waals surface area contributed by atoms with Crippen molar-refractivity contribution in [1.29, 1.82) is 0 Å². The van der Waals surface area contributed by atoms with Gasteiger partial charge in [-0.25, -0.2) is 0 Å². The number of hydrogen-bond donors (Lipinski definition) is 2. The SMILES string of the molecule is C#CC(=O)NCC1CCCC1C(=O)O. The topological polar surface area (TPSA) is 66.4 Å². The van der Waals surface area contributed by atoms with Crippen LogP contribution in [0.15, 0.2) is 0 Å². The van der Waals surface area contributed by atoms with Gasteiger partial charge in [0.05, 0.1) is 5.92 Å². The molecular weight excluding hydrogens is 182 g/mol. The Morgan fingerprint density at radius 1 is 1.50 bits per heavy atom. The summed E-state index contributed by atoms with van der Waals surface area (Å²) in [6.07, 6.45) is 7.33. The lowest BCUT2D eigenvalue weighted by atomic mass is 9.96. The molecule has 14 heavy (non-hydrogen) atoms. The average Bonchev–Trinajstić information content (AvgIpc) is 2.62. The molecule has 1 amide bonds. The van der Waals surface area contributed by atoms with E-state index in [0.29, 0.717) is 13.0 Å². The van der Waals surface area contributed by atoms with Gasteiger partial charge in [0.2, 0.25) is 0 Å². The number of carbonyl (C=O) groups is 2. The first-order valence-electron chi connectivity index (χ1n) is 4.62. The highest BCUT2D eigenvalue weighted by atomic mass is 16.4. The Kier molecular flexibility index (Phi) is 3.52. The van der Waals surface area contributed by atoms with Crippen LogP contribution < -0.4 is 5.32 Å². The van der Waals surface area contributed by atoms with Crippen LogP contribution in [-0.4, -0.2) is 23.5 Å². The summed E-state index contributed by atoms with van der Waals surface area (Å²) in [5, 5.41) is 11.4. The van der Waals surface area contributed by atoms with Crippen LogP contribution in [0, 0.1) is 24.2 Å². The van der Waals surface area contributed by atoms with E-state index in [1.165, 1.54) is 0 Å². The molecule has 1 rings (SSSR count). The monoisotopic (exact) mass is 195 g/mol. The van der Waals surface area contributed by atoms with Gasteiger partial charge in [0.25, 0.3) is 5.91 Å². The van der Waals surface area contributed by atoms with Crippen LogP contribution in [0.5, 0.6) is 0 Å². The van der Waals surface area contributed by atoms with Crippen LogP contribution >= 0.6 is 0 Å². The molecule has 4 nitrogen and oxygen atoms in total. The largest absolute Gasteiger partial charge is 0.481 e. The van der Waals surface area contributed by atoms with Gasteiger partial charge in [-0.3, -0.25) is 9.59 Å². The van der Waals surface area contributed by atoms with E-state index in [-0.39, 0.29) is 11.8 Å². The molecule has 4 heteroatoms. The molecule has 0 aromatic rings. The summed E-state index contributed by atoms with van der Waals surface area (Å²) in [5.41, 5.74) is 0. The first-order valence-corrected chi connectivity index (χ1v) is 4.62. The smallest absolute Gasteiger partial charge is 0.306 e. The fourth-order valence-electron chi connectivity index (χ4n) is 1.88. The van der Waals surface area contributed by atoms with Crippen LogP contribution in [0.3, 0.4) is 0 Å². The van der Waals surface area contributed by atoms with E-state index in [1.807, 2.05) is 5.92 Å². The van der Waals surface area contributed by atoms with E-state index >= 15 is 0 Å². The maximum Gasteiger partial charge on any atom is 0.306 e. The fourth-order valence-corrected chi connectivity index (χ4v) is 1.88. The van der Waals surface area contributed by atoms with E-state index in [2.05, 4.69) is 5.32 Å². The van der Waals surface area contributed by atoms with Crippen LogP contribution in [0.2, 0.25) is 0 Å². The second-order valence-electron chi connectivity index (χ2n) is 3.49. The average molecular weight is 195 g/mol. The lowest BCUT2D eigenvalue weighted by Crippen LogP contribution is -2.32. The molecule has 1 aliphatic carbocycles. The van der Waals surface area contributed by atoms with Crippen molar-refractivity contribution in [1.82, 2.24) is 5.32 Å². The minimum absolute atomic E-state index is 0.0322. The Balaban J connectivity index is 2.41. The minimum Gasteiger partial charge on any atom is -0.481 e. The number of amides is 1. The van der Waals surface area contributed by atoms with Crippen LogP contribution in [0.25, 0.3) is 0 Å². The maximum absolute atomic E-state index is 10.8. The van der Waals surface area contributed by atoms with Crippen molar-refractivity contribution in [2.75, 3.05) is 6.54 Å². The number of aliphatic carboxylic acids is 1. The van der Waals surface area contributed by atoms with Gasteiger partial charge in [0, 0.05) is 6.54 Å². The summed E-state index contributed by atoms with van der Waals surface area (Å²) < 4.78 is 0. The summed E-state index contributed by atoms with van der Waals surface area (Å²) in [5.74, 6) is 0.395. The number of hydrogen-bond acceptors (Lipinski definition) is 2. The first kappa shape index (κ1) is 10.6. The zero-order valence-electron chi connectivity index (χ0n) is 7.82. The molecule has 0 radical (unpaired) electrons. The predicted molar refractivity (Wildman–Crippen MR) is 50.3 cm³/mol. The van der Waals surface area contributed by atoms with E-state index < -0.39 is 11.9 Å². The fraction of sp³-hybridized carbons (Fsp3) is 0.600. The van der Waals surface area contributed by atoms with Crippen molar-refractivity contribution in [3.8, 4) is 12.3 Å². The molecule has 0 spiro atoms. The predicted octanol–water partition coefficient (Wildman–Crippen LogP) is 0.237. The Bertz CT molecular complexity index is 280. The van der Waals surface area contributed by atoms with Gasteiger partial charge in [-0.05, 0) is 24.7 Å². The van der Waals surface area contributed by atoms with E-state index in [1.54, 1.807) is 0 Å². The number of terminal acetylenes is 1. The molecule has 1 fully saturated rings. The summed E-state index contributed by atoms with van der Waals surface area (Å²) in [7, 11) is 0. The molecule has 1 saturated carbocycles. The normalized spacial score (nSPS) is 25.4. The standard InChI is InChI=1S/C10H13NO3/c1-2-9(12)11-6-7-4-3-5-8(7)10(13)14/h1,7-8H,3-6H2,(H,11,12)(H,13,14). The van der Waals surface area contributed by atoms with Gasteiger partial charge < -0.3 is 10.4 Å². The zero-order chi connectivity index (χ0) is 10.6. The molecule has 0 aromatic carbocycles. The Labute approximate surface area is 82.7 Å². The minimum atomic E-state index is -0.776. The Morgan fingerprint density at radius 3 is 2.79 bits per heavy atom.